The van der Waals surface area contributed by atoms with Crippen molar-refractivity contribution < 1.29 is 4.42 Å². The molecule has 0 aromatic carbocycles. The summed E-state index contributed by atoms with van der Waals surface area (Å²) in [5.41, 5.74) is 2.31. The second-order valence-corrected chi connectivity index (χ2v) is 6.61. The molecule has 108 valence electrons. The summed E-state index contributed by atoms with van der Waals surface area (Å²) in [5, 5.41) is 14.3. The van der Waals surface area contributed by atoms with Crippen molar-refractivity contribution in [1.29, 1.82) is 0 Å². The van der Waals surface area contributed by atoms with Crippen molar-refractivity contribution in [3.63, 3.8) is 0 Å². The van der Waals surface area contributed by atoms with E-state index in [0.29, 0.717) is 0 Å². The maximum atomic E-state index is 5.67. The average molecular weight is 291 g/mol. The molecule has 1 aliphatic rings. The minimum Gasteiger partial charge on any atom is -0.466 e. The van der Waals surface area contributed by atoms with Gasteiger partial charge in [0.05, 0.1) is 5.56 Å². The van der Waals surface area contributed by atoms with Crippen LogP contribution < -0.4 is 5.32 Å². The molecule has 0 radical (unpaired) electrons. The number of hydrogen-bond acceptors (Lipinski definition) is 5. The standard InChI is InChI=1S/C15H21N3OS/c1-9-10(2)19-11(3)14(9)15-18-17-13(20-15)5-4-8-16-12-6-7-12/h12,16H,4-8H2,1-3H3. The Morgan fingerprint density at radius 3 is 2.65 bits per heavy atom. The van der Waals surface area contributed by atoms with E-state index in [-0.39, 0.29) is 0 Å². The van der Waals surface area contributed by atoms with Gasteiger partial charge in [-0.1, -0.05) is 11.3 Å². The zero-order valence-corrected chi connectivity index (χ0v) is 13.1. The van der Waals surface area contributed by atoms with E-state index in [4.69, 9.17) is 4.42 Å². The van der Waals surface area contributed by atoms with E-state index < -0.39 is 0 Å². The molecular weight excluding hydrogens is 270 g/mol. The van der Waals surface area contributed by atoms with Gasteiger partial charge in [0.1, 0.15) is 16.5 Å². The fourth-order valence-corrected chi connectivity index (χ4v) is 3.43. The monoisotopic (exact) mass is 291 g/mol. The lowest BCUT2D eigenvalue weighted by Gasteiger charge is -1.99. The van der Waals surface area contributed by atoms with Crippen molar-refractivity contribution in [3.8, 4) is 10.6 Å². The third-order valence-electron chi connectivity index (χ3n) is 3.82. The van der Waals surface area contributed by atoms with E-state index in [1.165, 1.54) is 18.4 Å². The average Bonchev–Trinajstić information content (AvgIpc) is 3.07. The van der Waals surface area contributed by atoms with E-state index in [9.17, 15) is 0 Å². The van der Waals surface area contributed by atoms with Crippen LogP contribution in [-0.2, 0) is 6.42 Å². The lowest BCUT2D eigenvalue weighted by molar-refractivity contribution is 0.503. The summed E-state index contributed by atoms with van der Waals surface area (Å²) >= 11 is 1.69. The molecule has 4 nitrogen and oxygen atoms in total. The molecule has 0 bridgehead atoms. The number of aromatic nitrogens is 2. The van der Waals surface area contributed by atoms with Crippen LogP contribution >= 0.6 is 11.3 Å². The van der Waals surface area contributed by atoms with Crippen LogP contribution in [0.1, 0.15) is 41.4 Å². The Bertz CT molecular complexity index is 598. The van der Waals surface area contributed by atoms with Gasteiger partial charge in [0.25, 0.3) is 0 Å². The topological polar surface area (TPSA) is 51.0 Å². The molecule has 0 amide bonds. The van der Waals surface area contributed by atoms with E-state index in [1.54, 1.807) is 11.3 Å². The van der Waals surface area contributed by atoms with Gasteiger partial charge in [0.2, 0.25) is 0 Å². The molecule has 3 rings (SSSR count). The molecule has 0 atom stereocenters. The zero-order valence-electron chi connectivity index (χ0n) is 12.3. The van der Waals surface area contributed by atoms with Gasteiger partial charge in [-0.05, 0) is 46.6 Å². The smallest absolute Gasteiger partial charge is 0.151 e. The Morgan fingerprint density at radius 2 is 2.00 bits per heavy atom. The number of nitrogens with zero attached hydrogens (tertiary/aromatic N) is 2. The fourth-order valence-electron chi connectivity index (χ4n) is 2.40. The van der Waals surface area contributed by atoms with Gasteiger partial charge >= 0.3 is 0 Å². The molecule has 1 saturated carbocycles. The predicted molar refractivity (Wildman–Crippen MR) is 81.2 cm³/mol. The SMILES string of the molecule is Cc1oc(C)c(-c2nnc(CCCNC3CC3)s2)c1C. The molecule has 1 fully saturated rings. The molecule has 1 N–H and O–H groups in total. The first kappa shape index (κ1) is 13.8. The Labute approximate surface area is 123 Å². The van der Waals surface area contributed by atoms with Crippen molar-refractivity contribution in [2.24, 2.45) is 0 Å². The van der Waals surface area contributed by atoms with Gasteiger partial charge in [-0.2, -0.15) is 0 Å². The summed E-state index contributed by atoms with van der Waals surface area (Å²) in [5.74, 6) is 1.92. The predicted octanol–water partition coefficient (Wildman–Crippen LogP) is 3.41. The van der Waals surface area contributed by atoms with Crippen LogP contribution in [0, 0.1) is 20.8 Å². The lowest BCUT2D eigenvalue weighted by Crippen LogP contribution is -2.17. The van der Waals surface area contributed by atoms with Gasteiger partial charge in [0.15, 0.2) is 5.01 Å². The Balaban J connectivity index is 1.63. The van der Waals surface area contributed by atoms with E-state index in [1.807, 2.05) is 13.8 Å². The van der Waals surface area contributed by atoms with Gasteiger partial charge in [-0.15, -0.1) is 10.2 Å². The third-order valence-corrected chi connectivity index (χ3v) is 4.82. The summed E-state index contributed by atoms with van der Waals surface area (Å²) < 4.78 is 5.67. The number of furan rings is 1. The molecule has 0 unspecified atom stereocenters. The summed E-state index contributed by atoms with van der Waals surface area (Å²) in [6, 6.07) is 0.791. The minimum absolute atomic E-state index is 0.791. The van der Waals surface area contributed by atoms with Crippen LogP contribution in [0.15, 0.2) is 4.42 Å². The van der Waals surface area contributed by atoms with Crippen LogP contribution in [0.25, 0.3) is 10.6 Å². The van der Waals surface area contributed by atoms with Crippen LogP contribution in [0.3, 0.4) is 0 Å². The first-order valence-electron chi connectivity index (χ1n) is 7.28. The number of aryl methyl sites for hydroxylation is 3. The van der Waals surface area contributed by atoms with Gasteiger partial charge in [-0.25, -0.2) is 0 Å². The number of rotatable bonds is 6. The van der Waals surface area contributed by atoms with Crippen molar-refractivity contribution in [3.05, 3.63) is 22.1 Å². The normalized spacial score (nSPS) is 14.9. The summed E-state index contributed by atoms with van der Waals surface area (Å²) in [7, 11) is 0. The highest BCUT2D eigenvalue weighted by Crippen LogP contribution is 2.33. The molecule has 20 heavy (non-hydrogen) atoms. The first-order valence-corrected chi connectivity index (χ1v) is 8.09. The summed E-state index contributed by atoms with van der Waals surface area (Å²) in [6.07, 6.45) is 4.84. The molecule has 2 aromatic rings. The molecule has 0 aliphatic heterocycles. The Morgan fingerprint density at radius 1 is 1.20 bits per heavy atom. The van der Waals surface area contributed by atoms with E-state index in [2.05, 4.69) is 22.4 Å². The summed E-state index contributed by atoms with van der Waals surface area (Å²) in [6.45, 7) is 7.16. The van der Waals surface area contributed by atoms with Crippen molar-refractivity contribution in [2.45, 2.75) is 52.5 Å². The Kier molecular flexibility index (Phi) is 3.89. The van der Waals surface area contributed by atoms with Gasteiger partial charge in [-0.3, -0.25) is 0 Å². The van der Waals surface area contributed by atoms with Crippen molar-refractivity contribution >= 4 is 11.3 Å². The van der Waals surface area contributed by atoms with Gasteiger partial charge < -0.3 is 9.73 Å². The lowest BCUT2D eigenvalue weighted by atomic mass is 10.1. The van der Waals surface area contributed by atoms with Gasteiger partial charge in [0, 0.05) is 18.0 Å². The second-order valence-electron chi connectivity index (χ2n) is 5.55. The maximum Gasteiger partial charge on any atom is 0.151 e. The fraction of sp³-hybridized carbons (Fsp3) is 0.600. The second kappa shape index (κ2) is 5.66. The third kappa shape index (κ3) is 2.94. The quantitative estimate of drug-likeness (QED) is 0.829. The zero-order chi connectivity index (χ0) is 14.1. The highest BCUT2D eigenvalue weighted by atomic mass is 32.1. The van der Waals surface area contributed by atoms with Crippen molar-refractivity contribution in [1.82, 2.24) is 15.5 Å². The molecule has 2 heterocycles. The molecule has 5 heteroatoms. The van der Waals surface area contributed by atoms with E-state index >= 15 is 0 Å². The van der Waals surface area contributed by atoms with Crippen LogP contribution in [-0.4, -0.2) is 22.8 Å². The minimum atomic E-state index is 0.791. The molecule has 1 aliphatic carbocycles. The molecule has 0 spiro atoms. The number of hydrogen-bond donors (Lipinski definition) is 1. The largest absolute Gasteiger partial charge is 0.466 e. The van der Waals surface area contributed by atoms with Crippen LogP contribution in [0.5, 0.6) is 0 Å². The van der Waals surface area contributed by atoms with Crippen LogP contribution in [0.2, 0.25) is 0 Å². The Hall–Kier alpha value is -1.20. The first-order chi connectivity index (χ1) is 9.65. The molecular formula is C15H21N3OS. The number of nitrogens with one attached hydrogen (secondary N) is 1. The molecule has 2 aromatic heterocycles. The van der Waals surface area contributed by atoms with Crippen LogP contribution in [0.4, 0.5) is 0 Å². The molecule has 0 saturated heterocycles. The summed E-state index contributed by atoms with van der Waals surface area (Å²) in [4.78, 5) is 0. The van der Waals surface area contributed by atoms with Crippen molar-refractivity contribution in [2.75, 3.05) is 6.54 Å². The highest BCUT2D eigenvalue weighted by Gasteiger charge is 2.20. The highest BCUT2D eigenvalue weighted by molar-refractivity contribution is 7.14. The maximum absolute atomic E-state index is 5.67. The van der Waals surface area contributed by atoms with E-state index in [0.717, 1.165) is 52.5 Å².